The first kappa shape index (κ1) is 18.4. The fourth-order valence-corrected chi connectivity index (χ4v) is 3.18. The normalized spacial score (nSPS) is 19.0. The molecule has 3 nitrogen and oxygen atoms in total. The fourth-order valence-electron chi connectivity index (χ4n) is 3.18. The van der Waals surface area contributed by atoms with E-state index in [4.69, 9.17) is 5.73 Å². The van der Waals surface area contributed by atoms with Gasteiger partial charge in [-0.05, 0) is 57.2 Å². The molecule has 1 aliphatic heterocycles. The molecule has 0 aromatic heterocycles. The minimum atomic E-state index is -0.140. The van der Waals surface area contributed by atoms with E-state index in [9.17, 15) is 5.11 Å². The average molecular weight is 313 g/mol. The highest BCUT2D eigenvalue weighted by atomic mass is 35.5. The number of hydrogen-bond donors (Lipinski definition) is 2. The molecule has 0 aliphatic carbocycles. The van der Waals surface area contributed by atoms with Gasteiger partial charge in [0.25, 0.3) is 0 Å². The number of benzene rings is 1. The lowest BCUT2D eigenvalue weighted by atomic mass is 9.74. The molecule has 0 atom stereocenters. The fraction of sp³-hybridized carbons (Fsp3) is 0.647. The summed E-state index contributed by atoms with van der Waals surface area (Å²) in [7, 11) is 0. The van der Waals surface area contributed by atoms with Crippen molar-refractivity contribution >= 4 is 12.4 Å². The third-order valence-electron chi connectivity index (χ3n) is 4.31. The number of aliphatic hydroxyl groups excluding tert-OH is 1. The summed E-state index contributed by atoms with van der Waals surface area (Å²) in [5.74, 6) is 0. The van der Waals surface area contributed by atoms with E-state index in [2.05, 4.69) is 43.0 Å². The summed E-state index contributed by atoms with van der Waals surface area (Å²) in [6.45, 7) is 7.43. The van der Waals surface area contributed by atoms with Gasteiger partial charge in [-0.15, -0.1) is 12.4 Å². The summed E-state index contributed by atoms with van der Waals surface area (Å²) in [5.41, 5.74) is 7.34. The second kappa shape index (κ2) is 7.59. The number of hydrogen-bond acceptors (Lipinski definition) is 3. The van der Waals surface area contributed by atoms with Gasteiger partial charge < -0.3 is 15.7 Å². The van der Waals surface area contributed by atoms with E-state index >= 15 is 0 Å². The molecule has 1 aromatic carbocycles. The lowest BCUT2D eigenvalue weighted by molar-refractivity contribution is 0.0382. The van der Waals surface area contributed by atoms with Gasteiger partial charge in [-0.25, -0.2) is 0 Å². The van der Waals surface area contributed by atoms with Crippen LogP contribution in [-0.2, 0) is 6.42 Å². The summed E-state index contributed by atoms with van der Waals surface area (Å²) in [6.07, 6.45) is 3.08. The molecule has 0 unspecified atom stereocenters. The largest absolute Gasteiger partial charge is 0.396 e. The van der Waals surface area contributed by atoms with Crippen molar-refractivity contribution < 1.29 is 5.11 Å². The van der Waals surface area contributed by atoms with Crippen molar-refractivity contribution in [3.63, 3.8) is 0 Å². The van der Waals surface area contributed by atoms with Crippen molar-refractivity contribution in [2.24, 2.45) is 11.1 Å². The highest BCUT2D eigenvalue weighted by molar-refractivity contribution is 5.85. The van der Waals surface area contributed by atoms with Crippen LogP contribution in [-0.4, -0.2) is 41.8 Å². The highest BCUT2D eigenvalue weighted by Gasteiger charge is 2.35. The van der Waals surface area contributed by atoms with E-state index < -0.39 is 0 Å². The minimum Gasteiger partial charge on any atom is -0.396 e. The van der Waals surface area contributed by atoms with Gasteiger partial charge in [-0.3, -0.25) is 0 Å². The third kappa shape index (κ3) is 5.59. The van der Waals surface area contributed by atoms with Gasteiger partial charge in [0.1, 0.15) is 0 Å². The van der Waals surface area contributed by atoms with Crippen molar-refractivity contribution in [2.45, 2.75) is 38.6 Å². The Kier molecular flexibility index (Phi) is 6.67. The summed E-state index contributed by atoms with van der Waals surface area (Å²) < 4.78 is 0. The molecule has 0 radical (unpaired) electrons. The average Bonchev–Trinajstić information content (AvgIpc) is 2.41. The van der Waals surface area contributed by atoms with E-state index in [1.807, 2.05) is 6.07 Å². The number of nitrogens with zero attached hydrogens (tertiary/aromatic N) is 1. The van der Waals surface area contributed by atoms with Gasteiger partial charge in [0, 0.05) is 18.7 Å². The van der Waals surface area contributed by atoms with E-state index in [1.54, 1.807) is 0 Å². The molecule has 2 rings (SSSR count). The molecule has 3 N–H and O–H groups in total. The van der Waals surface area contributed by atoms with E-state index in [1.165, 1.54) is 5.56 Å². The summed E-state index contributed by atoms with van der Waals surface area (Å²) in [4.78, 5) is 2.43. The standard InChI is InChI=1S/C17H28N2O.ClH/c1-16(2,18)13-19-10-8-17(14-20,9-11-19)12-15-6-4-3-5-7-15;/h3-7,20H,8-14,18H2,1-2H3;1H. The molecule has 21 heavy (non-hydrogen) atoms. The van der Waals surface area contributed by atoms with Crippen LogP contribution in [0.4, 0.5) is 0 Å². The Morgan fingerprint density at radius 3 is 2.24 bits per heavy atom. The molecule has 1 saturated heterocycles. The Hall–Kier alpha value is -0.610. The molecule has 1 heterocycles. The lowest BCUT2D eigenvalue weighted by Gasteiger charge is -2.42. The van der Waals surface area contributed by atoms with Crippen molar-refractivity contribution in [3.8, 4) is 0 Å². The number of piperidine rings is 1. The second-order valence-corrected chi connectivity index (χ2v) is 7.09. The molecule has 1 aromatic rings. The van der Waals surface area contributed by atoms with Crippen LogP contribution in [0.5, 0.6) is 0 Å². The predicted octanol–water partition coefficient (Wildman–Crippen LogP) is 2.46. The van der Waals surface area contributed by atoms with Crippen molar-refractivity contribution in [1.29, 1.82) is 0 Å². The van der Waals surface area contributed by atoms with Crippen molar-refractivity contribution in [1.82, 2.24) is 4.90 Å². The number of aliphatic hydroxyl groups is 1. The lowest BCUT2D eigenvalue weighted by Crippen LogP contribution is -2.50. The van der Waals surface area contributed by atoms with Crippen LogP contribution in [0.15, 0.2) is 30.3 Å². The first-order valence-electron chi connectivity index (χ1n) is 7.59. The van der Waals surface area contributed by atoms with Gasteiger partial charge in [0.2, 0.25) is 0 Å². The van der Waals surface area contributed by atoms with E-state index in [0.29, 0.717) is 0 Å². The number of rotatable bonds is 5. The molecule has 0 saturated carbocycles. The van der Waals surface area contributed by atoms with E-state index in [0.717, 1.165) is 38.9 Å². The molecule has 0 spiro atoms. The van der Waals surface area contributed by atoms with Crippen molar-refractivity contribution in [2.75, 3.05) is 26.2 Å². The van der Waals surface area contributed by atoms with Crippen LogP contribution in [0.1, 0.15) is 32.3 Å². The molecular weight excluding hydrogens is 284 g/mol. The second-order valence-electron chi connectivity index (χ2n) is 7.09. The van der Waals surface area contributed by atoms with Gasteiger partial charge in [0.05, 0.1) is 0 Å². The Bertz CT molecular complexity index is 409. The van der Waals surface area contributed by atoms with Crippen LogP contribution in [0.3, 0.4) is 0 Å². The number of likely N-dealkylation sites (tertiary alicyclic amines) is 1. The van der Waals surface area contributed by atoms with Crippen LogP contribution < -0.4 is 5.73 Å². The molecule has 4 heteroatoms. The first-order chi connectivity index (χ1) is 9.42. The Labute approximate surface area is 134 Å². The summed E-state index contributed by atoms with van der Waals surface area (Å²) in [6, 6.07) is 10.5. The highest BCUT2D eigenvalue weighted by Crippen LogP contribution is 2.34. The van der Waals surface area contributed by atoms with Crippen LogP contribution >= 0.6 is 12.4 Å². The Balaban J connectivity index is 0.00000220. The monoisotopic (exact) mass is 312 g/mol. The topological polar surface area (TPSA) is 49.5 Å². The van der Waals surface area contributed by atoms with Gasteiger partial charge in [-0.2, -0.15) is 0 Å². The zero-order valence-electron chi connectivity index (χ0n) is 13.2. The maximum absolute atomic E-state index is 9.88. The van der Waals surface area contributed by atoms with Crippen LogP contribution in [0, 0.1) is 5.41 Å². The van der Waals surface area contributed by atoms with E-state index in [-0.39, 0.29) is 30.0 Å². The number of nitrogens with two attached hydrogens (primary N) is 1. The molecule has 0 bridgehead atoms. The third-order valence-corrected chi connectivity index (χ3v) is 4.31. The SMILES string of the molecule is CC(C)(N)CN1CCC(CO)(Cc2ccccc2)CC1.Cl. The molecule has 0 amide bonds. The van der Waals surface area contributed by atoms with Gasteiger partial charge >= 0.3 is 0 Å². The zero-order chi connectivity index (χ0) is 14.6. The van der Waals surface area contributed by atoms with Crippen LogP contribution in [0.2, 0.25) is 0 Å². The maximum atomic E-state index is 9.88. The molecule has 1 fully saturated rings. The van der Waals surface area contributed by atoms with Crippen molar-refractivity contribution in [3.05, 3.63) is 35.9 Å². The predicted molar refractivity (Wildman–Crippen MR) is 90.9 cm³/mol. The van der Waals surface area contributed by atoms with Gasteiger partial charge in [0.15, 0.2) is 0 Å². The zero-order valence-corrected chi connectivity index (χ0v) is 14.0. The Morgan fingerprint density at radius 1 is 1.19 bits per heavy atom. The first-order valence-corrected chi connectivity index (χ1v) is 7.59. The summed E-state index contributed by atoms with van der Waals surface area (Å²) >= 11 is 0. The summed E-state index contributed by atoms with van der Waals surface area (Å²) in [5, 5.41) is 9.88. The molecule has 1 aliphatic rings. The minimum absolute atomic E-state index is 0. The van der Waals surface area contributed by atoms with Gasteiger partial charge in [-0.1, -0.05) is 30.3 Å². The Morgan fingerprint density at radius 2 is 1.76 bits per heavy atom. The number of halogens is 1. The molecular formula is C17H29ClN2O. The van der Waals surface area contributed by atoms with Crippen LogP contribution in [0.25, 0.3) is 0 Å². The smallest absolute Gasteiger partial charge is 0.0491 e. The quantitative estimate of drug-likeness (QED) is 0.878. The molecule has 120 valence electrons. The maximum Gasteiger partial charge on any atom is 0.0491 e.